The third kappa shape index (κ3) is 4.69. The van der Waals surface area contributed by atoms with E-state index in [4.69, 9.17) is 4.74 Å². The van der Waals surface area contributed by atoms with Gasteiger partial charge in [-0.25, -0.2) is 0 Å². The monoisotopic (exact) mass is 414 g/mol. The van der Waals surface area contributed by atoms with E-state index in [1.165, 1.54) is 16.2 Å². The van der Waals surface area contributed by atoms with Gasteiger partial charge in [-0.2, -0.15) is 11.8 Å². The van der Waals surface area contributed by atoms with Crippen LogP contribution in [0.5, 0.6) is 0 Å². The Kier molecular flexibility index (Phi) is 6.52. The highest BCUT2D eigenvalue weighted by Gasteiger charge is 2.40. The van der Waals surface area contributed by atoms with Crippen molar-refractivity contribution < 1.29 is 9.53 Å². The topological polar surface area (TPSA) is 41.6 Å². The number of carbonyl (C=O) groups is 1. The SMILES string of the molecule is O=C(/C=C/c1ccc(-c2ccccc2)s1)NCC1(N2CCOCC2)CCSC1. The van der Waals surface area contributed by atoms with Crippen LogP contribution in [0.15, 0.2) is 48.5 Å². The van der Waals surface area contributed by atoms with E-state index >= 15 is 0 Å². The highest BCUT2D eigenvalue weighted by atomic mass is 32.2. The number of amides is 1. The first-order chi connectivity index (χ1) is 13.8. The van der Waals surface area contributed by atoms with Gasteiger partial charge in [0.2, 0.25) is 5.91 Å². The summed E-state index contributed by atoms with van der Waals surface area (Å²) in [4.78, 5) is 17.3. The van der Waals surface area contributed by atoms with E-state index in [1.54, 1.807) is 17.4 Å². The molecule has 28 heavy (non-hydrogen) atoms. The summed E-state index contributed by atoms with van der Waals surface area (Å²) in [7, 11) is 0. The zero-order chi connectivity index (χ0) is 19.2. The Bertz CT molecular complexity index is 807. The predicted octanol–water partition coefficient (Wildman–Crippen LogP) is 3.75. The van der Waals surface area contributed by atoms with Crippen LogP contribution in [0.1, 0.15) is 11.3 Å². The molecule has 2 aliphatic heterocycles. The van der Waals surface area contributed by atoms with Gasteiger partial charge in [0, 0.05) is 46.8 Å². The quantitative estimate of drug-likeness (QED) is 0.731. The lowest BCUT2D eigenvalue weighted by atomic mass is 9.95. The van der Waals surface area contributed by atoms with Crippen molar-refractivity contribution in [3.8, 4) is 10.4 Å². The van der Waals surface area contributed by atoms with Crippen molar-refractivity contribution in [2.75, 3.05) is 44.4 Å². The second-order valence-electron chi connectivity index (χ2n) is 7.25. The van der Waals surface area contributed by atoms with Gasteiger partial charge in [-0.05, 0) is 35.9 Å². The summed E-state index contributed by atoms with van der Waals surface area (Å²) in [6.07, 6.45) is 4.71. The summed E-state index contributed by atoms with van der Waals surface area (Å²) in [5, 5.41) is 3.15. The summed E-state index contributed by atoms with van der Waals surface area (Å²) in [6.45, 7) is 4.22. The van der Waals surface area contributed by atoms with Crippen molar-refractivity contribution in [3.05, 3.63) is 53.4 Å². The molecule has 0 bridgehead atoms. The van der Waals surface area contributed by atoms with Crippen LogP contribution in [-0.4, -0.2) is 60.7 Å². The van der Waals surface area contributed by atoms with Crippen LogP contribution in [0.2, 0.25) is 0 Å². The van der Waals surface area contributed by atoms with Gasteiger partial charge in [-0.1, -0.05) is 30.3 Å². The smallest absolute Gasteiger partial charge is 0.244 e. The number of thiophene rings is 1. The minimum absolute atomic E-state index is 0.0146. The Morgan fingerprint density at radius 2 is 2.00 bits per heavy atom. The minimum atomic E-state index is -0.0146. The standard InChI is InChI=1S/C22H26N2O2S2/c25-21(9-7-19-6-8-20(28-19)18-4-2-1-3-5-18)23-16-22(10-15-27-17-22)24-11-13-26-14-12-24/h1-9H,10-17H2,(H,23,25)/b9-7+. The molecular formula is C22H26N2O2S2. The lowest BCUT2D eigenvalue weighted by molar-refractivity contribution is -0.117. The molecule has 2 saturated heterocycles. The van der Waals surface area contributed by atoms with Crippen LogP contribution in [0.4, 0.5) is 0 Å². The Hall–Kier alpha value is -1.60. The minimum Gasteiger partial charge on any atom is -0.379 e. The zero-order valence-corrected chi connectivity index (χ0v) is 17.6. The van der Waals surface area contributed by atoms with Gasteiger partial charge < -0.3 is 10.1 Å². The first-order valence-electron chi connectivity index (χ1n) is 9.77. The summed E-state index contributed by atoms with van der Waals surface area (Å²) in [5.41, 5.74) is 1.30. The number of ether oxygens (including phenoxy) is 1. The second-order valence-corrected chi connectivity index (χ2v) is 9.47. The Morgan fingerprint density at radius 1 is 1.18 bits per heavy atom. The normalized spacial score (nSPS) is 23.3. The Balaban J connectivity index is 1.34. The fraction of sp³-hybridized carbons (Fsp3) is 0.409. The maximum Gasteiger partial charge on any atom is 0.244 e. The molecule has 1 aromatic heterocycles. The van der Waals surface area contributed by atoms with E-state index in [0.717, 1.165) is 43.4 Å². The molecule has 1 atom stereocenters. The number of nitrogens with zero attached hydrogens (tertiary/aromatic N) is 1. The van der Waals surface area contributed by atoms with Crippen molar-refractivity contribution >= 4 is 35.1 Å². The van der Waals surface area contributed by atoms with Gasteiger partial charge >= 0.3 is 0 Å². The van der Waals surface area contributed by atoms with Crippen molar-refractivity contribution in [1.82, 2.24) is 10.2 Å². The summed E-state index contributed by atoms with van der Waals surface area (Å²) < 4.78 is 5.51. The maximum atomic E-state index is 12.4. The van der Waals surface area contributed by atoms with Crippen LogP contribution >= 0.6 is 23.1 Å². The van der Waals surface area contributed by atoms with E-state index in [0.29, 0.717) is 6.54 Å². The van der Waals surface area contributed by atoms with E-state index in [-0.39, 0.29) is 11.4 Å². The average molecular weight is 415 g/mol. The average Bonchev–Trinajstić information content (AvgIpc) is 3.43. The fourth-order valence-electron chi connectivity index (χ4n) is 3.80. The van der Waals surface area contributed by atoms with Crippen molar-refractivity contribution in [3.63, 3.8) is 0 Å². The van der Waals surface area contributed by atoms with Gasteiger partial charge in [0.05, 0.1) is 13.2 Å². The molecule has 2 aliphatic rings. The van der Waals surface area contributed by atoms with E-state index in [2.05, 4.69) is 34.5 Å². The largest absolute Gasteiger partial charge is 0.379 e. The van der Waals surface area contributed by atoms with E-state index in [9.17, 15) is 4.79 Å². The first-order valence-corrected chi connectivity index (χ1v) is 11.7. The number of rotatable bonds is 6. The molecular weight excluding hydrogens is 388 g/mol. The summed E-state index contributed by atoms with van der Waals surface area (Å²) >= 11 is 3.69. The van der Waals surface area contributed by atoms with Gasteiger partial charge in [0.1, 0.15) is 0 Å². The van der Waals surface area contributed by atoms with Crippen LogP contribution in [0.25, 0.3) is 16.5 Å². The van der Waals surface area contributed by atoms with Crippen LogP contribution < -0.4 is 5.32 Å². The first kappa shape index (κ1) is 19.7. The number of thioether (sulfide) groups is 1. The van der Waals surface area contributed by atoms with Crippen molar-refractivity contribution in [2.24, 2.45) is 0 Å². The van der Waals surface area contributed by atoms with Crippen LogP contribution in [0, 0.1) is 0 Å². The molecule has 3 heterocycles. The molecule has 0 saturated carbocycles. The number of carbonyl (C=O) groups excluding carboxylic acids is 1. The molecule has 1 amide bonds. The molecule has 1 aromatic carbocycles. The number of hydrogen-bond acceptors (Lipinski definition) is 5. The second kappa shape index (κ2) is 9.27. The number of benzene rings is 1. The zero-order valence-electron chi connectivity index (χ0n) is 15.9. The highest BCUT2D eigenvalue weighted by molar-refractivity contribution is 7.99. The Morgan fingerprint density at radius 3 is 2.75 bits per heavy atom. The summed E-state index contributed by atoms with van der Waals surface area (Å²) in [5.74, 6) is 2.24. The van der Waals surface area contributed by atoms with E-state index < -0.39 is 0 Å². The number of nitrogens with one attached hydrogen (secondary N) is 1. The van der Waals surface area contributed by atoms with Crippen LogP contribution in [-0.2, 0) is 9.53 Å². The van der Waals surface area contributed by atoms with Gasteiger partial charge in [-0.3, -0.25) is 9.69 Å². The van der Waals surface area contributed by atoms with Crippen molar-refractivity contribution in [1.29, 1.82) is 0 Å². The Labute approximate surface area is 175 Å². The molecule has 2 aromatic rings. The molecule has 0 radical (unpaired) electrons. The molecule has 1 unspecified atom stereocenters. The molecule has 1 N–H and O–H groups in total. The molecule has 6 heteroatoms. The third-order valence-corrected chi connectivity index (χ3v) is 7.77. The molecule has 4 nitrogen and oxygen atoms in total. The molecule has 2 fully saturated rings. The predicted molar refractivity (Wildman–Crippen MR) is 119 cm³/mol. The molecule has 0 aliphatic carbocycles. The lowest BCUT2D eigenvalue weighted by Crippen LogP contribution is -2.59. The van der Waals surface area contributed by atoms with E-state index in [1.807, 2.05) is 36.0 Å². The molecule has 148 valence electrons. The van der Waals surface area contributed by atoms with Crippen LogP contribution in [0.3, 0.4) is 0 Å². The molecule has 4 rings (SSSR count). The van der Waals surface area contributed by atoms with Gasteiger partial charge in [0.25, 0.3) is 0 Å². The fourth-order valence-corrected chi connectivity index (χ4v) is 6.20. The van der Waals surface area contributed by atoms with Crippen molar-refractivity contribution in [2.45, 2.75) is 12.0 Å². The third-order valence-electron chi connectivity index (χ3n) is 5.44. The lowest BCUT2D eigenvalue weighted by Gasteiger charge is -2.42. The van der Waals surface area contributed by atoms with Gasteiger partial charge in [-0.15, -0.1) is 11.3 Å². The maximum absolute atomic E-state index is 12.4. The molecule has 0 spiro atoms. The summed E-state index contributed by atoms with van der Waals surface area (Å²) in [6, 6.07) is 14.5. The number of hydrogen-bond donors (Lipinski definition) is 1. The van der Waals surface area contributed by atoms with Gasteiger partial charge in [0.15, 0.2) is 0 Å². The number of morpholine rings is 1. The highest BCUT2D eigenvalue weighted by Crippen LogP contribution is 2.33.